The minimum Gasteiger partial charge on any atom is -0.453 e. The lowest BCUT2D eigenvalue weighted by Crippen LogP contribution is -2.53. The van der Waals surface area contributed by atoms with Gasteiger partial charge >= 0.3 is 6.09 Å². The van der Waals surface area contributed by atoms with Crippen LogP contribution in [0.4, 0.5) is 4.79 Å². The number of methoxy groups -OCH3 is 1. The number of rotatable bonds is 9. The van der Waals surface area contributed by atoms with E-state index in [1.165, 1.54) is 18.2 Å². The number of alkyl carbamates (subject to hydrolysis) is 1. The largest absolute Gasteiger partial charge is 0.453 e. The van der Waals surface area contributed by atoms with Crippen molar-refractivity contribution in [1.29, 1.82) is 0 Å². The van der Waals surface area contributed by atoms with E-state index in [1.807, 2.05) is 36.0 Å². The first-order valence-electron chi connectivity index (χ1n) is 19.0. The van der Waals surface area contributed by atoms with Gasteiger partial charge in [0.2, 0.25) is 11.8 Å². The molecule has 2 aromatic carbocycles. The van der Waals surface area contributed by atoms with E-state index in [4.69, 9.17) is 19.5 Å². The number of carbonyl (C=O) groups excluding carboxylic acids is 3. The molecule has 0 unspecified atom stereocenters. The van der Waals surface area contributed by atoms with Crippen LogP contribution in [0.5, 0.6) is 0 Å². The fourth-order valence-corrected chi connectivity index (χ4v) is 8.53. The first-order valence-corrected chi connectivity index (χ1v) is 19.0. The van der Waals surface area contributed by atoms with E-state index in [9.17, 15) is 14.4 Å². The van der Waals surface area contributed by atoms with Gasteiger partial charge in [0.15, 0.2) is 0 Å². The van der Waals surface area contributed by atoms with Gasteiger partial charge in [-0.15, -0.1) is 0 Å². The lowest BCUT2D eigenvalue weighted by molar-refractivity contribution is -0.141. The molecule has 2 saturated heterocycles. The molecule has 4 heterocycles. The molecule has 0 aromatic heterocycles. The molecule has 274 valence electrons. The first-order chi connectivity index (χ1) is 25.3. The van der Waals surface area contributed by atoms with Crippen molar-refractivity contribution in [2.75, 3.05) is 40.0 Å². The highest BCUT2D eigenvalue weighted by atomic mass is 16.5. The van der Waals surface area contributed by atoms with E-state index in [0.29, 0.717) is 39.3 Å². The topological polar surface area (TPSA) is 113 Å². The number of aliphatic imine (C=N–C) groups is 2. The molecule has 4 aliphatic heterocycles. The summed E-state index contributed by atoms with van der Waals surface area (Å²) in [6, 6.07) is 16.6. The highest BCUT2D eigenvalue weighted by Gasteiger charge is 2.39. The first kappa shape index (κ1) is 35.8. The summed E-state index contributed by atoms with van der Waals surface area (Å²) in [5.41, 5.74) is 9.10. The zero-order valence-corrected chi connectivity index (χ0v) is 30.7. The molecule has 0 spiro atoms. The Bertz CT molecular complexity index is 1770. The van der Waals surface area contributed by atoms with Gasteiger partial charge in [0.25, 0.3) is 0 Å². The zero-order chi connectivity index (χ0) is 36.2. The Hall–Kier alpha value is -4.57. The minimum atomic E-state index is -0.642. The molecule has 7 rings (SSSR count). The van der Waals surface area contributed by atoms with Crippen LogP contribution < -0.4 is 5.32 Å². The molecule has 4 atom stereocenters. The van der Waals surface area contributed by atoms with Crippen LogP contribution in [-0.4, -0.2) is 91.2 Å². The second kappa shape index (κ2) is 16.0. The molecule has 52 heavy (non-hydrogen) atoms. The Morgan fingerprint density at radius 1 is 0.769 bits per heavy atom. The molecule has 2 aromatic rings. The summed E-state index contributed by atoms with van der Waals surface area (Å²) in [6.45, 7) is 7.17. The lowest BCUT2D eigenvalue weighted by atomic mass is 9.74. The van der Waals surface area contributed by atoms with Crippen molar-refractivity contribution in [3.05, 3.63) is 72.1 Å². The third kappa shape index (κ3) is 7.63. The molecule has 1 N–H and O–H groups in total. The van der Waals surface area contributed by atoms with Crippen LogP contribution in [-0.2, 0) is 19.1 Å². The van der Waals surface area contributed by atoms with Gasteiger partial charge in [-0.2, -0.15) is 0 Å². The van der Waals surface area contributed by atoms with Crippen molar-refractivity contribution in [3.63, 3.8) is 0 Å². The van der Waals surface area contributed by atoms with E-state index >= 15 is 0 Å². The molecular formula is C42H51N5O5. The van der Waals surface area contributed by atoms with E-state index in [-0.39, 0.29) is 35.6 Å². The summed E-state index contributed by atoms with van der Waals surface area (Å²) in [7, 11) is 1.31. The van der Waals surface area contributed by atoms with Gasteiger partial charge in [-0.05, 0) is 65.0 Å². The van der Waals surface area contributed by atoms with E-state index in [1.54, 1.807) is 0 Å². The Morgan fingerprint density at radius 3 is 1.96 bits per heavy atom. The van der Waals surface area contributed by atoms with Gasteiger partial charge < -0.3 is 24.6 Å². The highest BCUT2D eigenvalue weighted by Crippen LogP contribution is 2.38. The fraction of sp³-hybridized carbons (Fsp3) is 0.500. The average Bonchev–Trinajstić information content (AvgIpc) is 3.99. The predicted octanol–water partition coefficient (Wildman–Crippen LogP) is 6.76. The molecule has 0 bridgehead atoms. The number of hydrogen-bond donors (Lipinski definition) is 1. The van der Waals surface area contributed by atoms with Crippen LogP contribution in [0.25, 0.3) is 22.3 Å². The number of allylic oxidation sites excluding steroid dienone is 2. The van der Waals surface area contributed by atoms with Crippen LogP contribution in [0.2, 0.25) is 0 Å². The maximum atomic E-state index is 13.5. The van der Waals surface area contributed by atoms with E-state index in [0.717, 1.165) is 78.6 Å². The summed E-state index contributed by atoms with van der Waals surface area (Å²) >= 11 is 0. The zero-order valence-electron chi connectivity index (χ0n) is 30.7. The van der Waals surface area contributed by atoms with Crippen molar-refractivity contribution in [2.45, 2.75) is 77.3 Å². The molecule has 3 fully saturated rings. The van der Waals surface area contributed by atoms with Crippen molar-refractivity contribution in [3.8, 4) is 11.1 Å². The maximum Gasteiger partial charge on any atom is 0.407 e. The molecular weight excluding hydrogens is 654 g/mol. The Kier molecular flexibility index (Phi) is 11.0. The number of likely N-dealkylation sites (tertiary alicyclic amines) is 1. The summed E-state index contributed by atoms with van der Waals surface area (Å²) in [4.78, 5) is 52.6. The average molecular weight is 706 g/mol. The molecule has 1 aliphatic carbocycles. The number of nitrogens with one attached hydrogen (secondary N) is 1. The summed E-state index contributed by atoms with van der Waals surface area (Å²) in [5.74, 6) is 0.388. The highest BCUT2D eigenvalue weighted by molar-refractivity contribution is 6.04. The molecule has 0 radical (unpaired) electrons. The third-order valence-corrected chi connectivity index (χ3v) is 11.5. The Balaban J connectivity index is 0.942. The smallest absolute Gasteiger partial charge is 0.407 e. The Morgan fingerprint density at radius 2 is 1.35 bits per heavy atom. The number of hydrogen-bond acceptors (Lipinski definition) is 7. The van der Waals surface area contributed by atoms with Gasteiger partial charge in [0.1, 0.15) is 6.04 Å². The molecule has 1 saturated carbocycles. The lowest BCUT2D eigenvalue weighted by Gasteiger charge is -2.36. The second-order valence-corrected chi connectivity index (χ2v) is 15.0. The second-order valence-electron chi connectivity index (χ2n) is 15.0. The van der Waals surface area contributed by atoms with Crippen LogP contribution in [0.1, 0.15) is 76.3 Å². The number of ether oxygens (including phenoxy) is 2. The summed E-state index contributed by atoms with van der Waals surface area (Å²) < 4.78 is 10.3. The number of morpholine rings is 1. The maximum absolute atomic E-state index is 13.5. The van der Waals surface area contributed by atoms with Crippen LogP contribution in [0.15, 0.2) is 70.9 Å². The van der Waals surface area contributed by atoms with Gasteiger partial charge in [-0.1, -0.05) is 75.2 Å². The number of benzene rings is 2. The van der Waals surface area contributed by atoms with Crippen LogP contribution in [0.3, 0.4) is 0 Å². The number of amides is 3. The van der Waals surface area contributed by atoms with Crippen molar-refractivity contribution in [2.24, 2.45) is 27.7 Å². The predicted molar refractivity (Wildman–Crippen MR) is 204 cm³/mol. The van der Waals surface area contributed by atoms with Crippen LogP contribution >= 0.6 is 0 Å². The van der Waals surface area contributed by atoms with Crippen LogP contribution in [0, 0.1) is 17.8 Å². The van der Waals surface area contributed by atoms with Crippen molar-refractivity contribution >= 4 is 40.5 Å². The monoisotopic (exact) mass is 705 g/mol. The van der Waals surface area contributed by atoms with Gasteiger partial charge in [-0.25, -0.2) is 4.79 Å². The summed E-state index contributed by atoms with van der Waals surface area (Å²) in [5, 5.41) is 2.72. The normalized spacial score (nSPS) is 23.9. The summed E-state index contributed by atoms with van der Waals surface area (Å²) in [6.07, 6.45) is 10.9. The SMILES string of the molecule is COC(=O)N[C@H](C(=O)N1CCC[C@H]1C1=NC=C(c2ccc(-c3ccc(C4=CN=C([C@H]5CCCC[C@H]5C(=O)N5CCOCC5)C4)cc3)cc2)C1)C(C)C. The quantitative estimate of drug-likeness (QED) is 0.310. The van der Waals surface area contributed by atoms with E-state index in [2.05, 4.69) is 53.8 Å². The van der Waals surface area contributed by atoms with Crippen molar-refractivity contribution in [1.82, 2.24) is 15.1 Å². The fourth-order valence-electron chi connectivity index (χ4n) is 8.53. The number of nitrogens with zero attached hydrogens (tertiary/aromatic N) is 4. The molecule has 10 nitrogen and oxygen atoms in total. The standard InChI is InChI=1S/C42H51N5O5/c1-27(2)39(45-42(50)51-3)41(49)47-18-6-9-38(47)37-24-33(26-44-37)31-16-12-29(13-17-31)28-10-14-30(15-11-28)32-23-36(43-25-32)34-7-4-5-8-35(34)40(48)46-19-21-52-22-20-46/h10-17,25-27,34-35,38-39H,4-9,18-24H2,1-3H3,(H,45,50)/t34-,35+,38-,39-/m0/s1. The van der Waals surface area contributed by atoms with E-state index < -0.39 is 12.1 Å². The molecule has 10 heteroatoms. The third-order valence-electron chi connectivity index (χ3n) is 11.5. The Labute approximate surface area is 307 Å². The number of carbonyl (C=O) groups is 3. The van der Waals surface area contributed by atoms with Gasteiger partial charge in [0, 0.05) is 68.1 Å². The molecule has 5 aliphatic rings. The van der Waals surface area contributed by atoms with Crippen molar-refractivity contribution < 1.29 is 23.9 Å². The van der Waals surface area contributed by atoms with Gasteiger partial charge in [0.05, 0.1) is 26.4 Å². The molecule has 3 amide bonds. The van der Waals surface area contributed by atoms with Gasteiger partial charge in [-0.3, -0.25) is 19.6 Å². The minimum absolute atomic E-state index is 0.0303.